The molecule has 1 aromatic rings. The Balaban J connectivity index is 2.58. The van der Waals surface area contributed by atoms with Crippen LogP contribution in [0.1, 0.15) is 19.8 Å². The lowest BCUT2D eigenvalue weighted by atomic mass is 10.2. The number of carbonyl (C=O) groups excluding carboxylic acids is 1. The molecule has 0 radical (unpaired) electrons. The van der Waals surface area contributed by atoms with Gasteiger partial charge in [-0.05, 0) is 24.1 Å². The summed E-state index contributed by atoms with van der Waals surface area (Å²) in [6, 6.07) is 1.05. The molecule has 1 atom stereocenters. The fraction of sp³-hybridized carbons (Fsp3) is 0.444. The maximum Gasteiger partial charge on any atom is 0.242 e. The van der Waals surface area contributed by atoms with Crippen LogP contribution in [0.5, 0.6) is 0 Å². The summed E-state index contributed by atoms with van der Waals surface area (Å²) in [5, 5.41) is 2.66. The van der Waals surface area contributed by atoms with Gasteiger partial charge in [0.15, 0.2) is 0 Å². The van der Waals surface area contributed by atoms with Crippen molar-refractivity contribution in [1.82, 2.24) is 9.97 Å². The first kappa shape index (κ1) is 11.9. The Hall–Kier alpha value is -1.20. The molecular weight excluding hydrogens is 216 g/mol. The van der Waals surface area contributed by atoms with Crippen LogP contribution < -0.4 is 11.1 Å². The first-order valence-corrected chi connectivity index (χ1v) is 5.06. The Morgan fingerprint density at radius 2 is 2.47 bits per heavy atom. The standard InChI is InChI=1S/C9H13ClN4O/c1-2-3-6(11)8(15)13-7-4-5-12-9(10)14-7/h4-6H,2-3,11H2,1H3,(H,12,13,14,15)/t6-/m0/s1. The number of amides is 1. The summed E-state index contributed by atoms with van der Waals surface area (Å²) in [4.78, 5) is 19.0. The van der Waals surface area contributed by atoms with Crippen molar-refractivity contribution in [3.8, 4) is 0 Å². The van der Waals surface area contributed by atoms with Crippen LogP contribution in [0.3, 0.4) is 0 Å². The smallest absolute Gasteiger partial charge is 0.242 e. The van der Waals surface area contributed by atoms with E-state index in [1.165, 1.54) is 6.20 Å². The maximum atomic E-state index is 11.5. The van der Waals surface area contributed by atoms with Crippen molar-refractivity contribution in [2.24, 2.45) is 5.73 Å². The number of halogens is 1. The second kappa shape index (κ2) is 5.63. The summed E-state index contributed by atoms with van der Waals surface area (Å²) in [5.41, 5.74) is 5.63. The van der Waals surface area contributed by atoms with E-state index < -0.39 is 6.04 Å². The number of hydrogen-bond donors (Lipinski definition) is 2. The molecule has 0 aromatic carbocycles. The van der Waals surface area contributed by atoms with Gasteiger partial charge in [0.05, 0.1) is 6.04 Å². The van der Waals surface area contributed by atoms with Gasteiger partial charge in [0, 0.05) is 6.20 Å². The van der Waals surface area contributed by atoms with Crippen LogP contribution >= 0.6 is 11.6 Å². The minimum absolute atomic E-state index is 0.0943. The lowest BCUT2D eigenvalue weighted by Gasteiger charge is -2.10. The van der Waals surface area contributed by atoms with Crippen LogP contribution in [0, 0.1) is 0 Å². The van der Waals surface area contributed by atoms with Crippen LogP contribution in [0.4, 0.5) is 5.82 Å². The van der Waals surface area contributed by atoms with Gasteiger partial charge in [-0.15, -0.1) is 0 Å². The van der Waals surface area contributed by atoms with E-state index in [1.807, 2.05) is 6.92 Å². The minimum Gasteiger partial charge on any atom is -0.320 e. The lowest BCUT2D eigenvalue weighted by molar-refractivity contribution is -0.117. The second-order valence-electron chi connectivity index (χ2n) is 3.10. The van der Waals surface area contributed by atoms with Crippen molar-refractivity contribution >= 4 is 23.3 Å². The Morgan fingerprint density at radius 1 is 1.73 bits per heavy atom. The summed E-state index contributed by atoms with van der Waals surface area (Å²) in [6.45, 7) is 1.97. The predicted octanol–water partition coefficient (Wildman–Crippen LogP) is 1.20. The largest absolute Gasteiger partial charge is 0.320 e. The van der Waals surface area contributed by atoms with E-state index in [9.17, 15) is 4.79 Å². The van der Waals surface area contributed by atoms with Crippen LogP contribution in [0.25, 0.3) is 0 Å². The molecule has 1 rings (SSSR count). The summed E-state index contributed by atoms with van der Waals surface area (Å²) < 4.78 is 0. The van der Waals surface area contributed by atoms with Crippen molar-refractivity contribution < 1.29 is 4.79 Å². The number of nitrogens with two attached hydrogens (primary N) is 1. The molecule has 0 aliphatic rings. The van der Waals surface area contributed by atoms with Gasteiger partial charge in [-0.3, -0.25) is 4.79 Å². The van der Waals surface area contributed by atoms with E-state index in [2.05, 4.69) is 15.3 Å². The Kier molecular flexibility index (Phi) is 4.45. The number of rotatable bonds is 4. The van der Waals surface area contributed by atoms with E-state index in [0.717, 1.165) is 6.42 Å². The zero-order valence-electron chi connectivity index (χ0n) is 8.40. The van der Waals surface area contributed by atoms with E-state index in [0.29, 0.717) is 12.2 Å². The first-order chi connectivity index (χ1) is 7.13. The van der Waals surface area contributed by atoms with Gasteiger partial charge in [0.25, 0.3) is 0 Å². The third-order valence-electron chi connectivity index (χ3n) is 1.81. The van der Waals surface area contributed by atoms with Gasteiger partial charge >= 0.3 is 0 Å². The predicted molar refractivity (Wildman–Crippen MR) is 58.6 cm³/mol. The van der Waals surface area contributed by atoms with Crippen molar-refractivity contribution in [3.63, 3.8) is 0 Å². The number of aromatic nitrogens is 2. The molecule has 0 saturated heterocycles. The van der Waals surface area contributed by atoms with Crippen molar-refractivity contribution in [2.45, 2.75) is 25.8 Å². The van der Waals surface area contributed by atoms with Crippen molar-refractivity contribution in [3.05, 3.63) is 17.5 Å². The Morgan fingerprint density at radius 3 is 3.07 bits per heavy atom. The molecular formula is C9H13ClN4O. The van der Waals surface area contributed by atoms with Gasteiger partial charge in [-0.1, -0.05) is 13.3 Å². The zero-order valence-corrected chi connectivity index (χ0v) is 9.16. The van der Waals surface area contributed by atoms with Gasteiger partial charge in [-0.2, -0.15) is 0 Å². The highest BCUT2D eigenvalue weighted by Gasteiger charge is 2.12. The summed E-state index contributed by atoms with van der Waals surface area (Å²) in [6.07, 6.45) is 2.97. The Labute approximate surface area is 93.0 Å². The van der Waals surface area contributed by atoms with E-state index in [1.54, 1.807) is 6.07 Å². The van der Waals surface area contributed by atoms with Crippen molar-refractivity contribution in [1.29, 1.82) is 0 Å². The fourth-order valence-corrected chi connectivity index (χ4v) is 1.21. The minimum atomic E-state index is -0.510. The quantitative estimate of drug-likeness (QED) is 0.759. The summed E-state index contributed by atoms with van der Waals surface area (Å²) >= 11 is 5.56. The molecule has 6 heteroatoms. The molecule has 1 heterocycles. The summed E-state index contributed by atoms with van der Waals surface area (Å²) in [7, 11) is 0. The van der Waals surface area contributed by atoms with E-state index in [-0.39, 0.29) is 11.2 Å². The average Bonchev–Trinajstić information content (AvgIpc) is 2.18. The zero-order chi connectivity index (χ0) is 11.3. The topological polar surface area (TPSA) is 80.9 Å². The number of hydrogen-bond acceptors (Lipinski definition) is 4. The highest BCUT2D eigenvalue weighted by molar-refractivity contribution is 6.28. The van der Waals surface area contributed by atoms with Crippen molar-refractivity contribution in [2.75, 3.05) is 5.32 Å². The third kappa shape index (κ3) is 3.81. The Bertz CT molecular complexity index is 345. The molecule has 0 unspecified atom stereocenters. The van der Waals surface area contributed by atoms with Gasteiger partial charge in [0.1, 0.15) is 5.82 Å². The number of anilines is 1. The molecule has 0 aliphatic heterocycles. The molecule has 3 N–H and O–H groups in total. The van der Waals surface area contributed by atoms with E-state index >= 15 is 0 Å². The monoisotopic (exact) mass is 228 g/mol. The number of carbonyl (C=O) groups is 1. The number of nitrogens with zero attached hydrogens (tertiary/aromatic N) is 2. The molecule has 0 aliphatic carbocycles. The highest BCUT2D eigenvalue weighted by Crippen LogP contribution is 2.06. The van der Waals surface area contributed by atoms with Gasteiger partial charge in [-0.25, -0.2) is 9.97 Å². The molecule has 0 saturated carbocycles. The average molecular weight is 229 g/mol. The maximum absolute atomic E-state index is 11.5. The molecule has 5 nitrogen and oxygen atoms in total. The molecule has 15 heavy (non-hydrogen) atoms. The summed E-state index contributed by atoms with van der Waals surface area (Å²) in [5.74, 6) is 0.109. The SMILES string of the molecule is CCC[C@H](N)C(=O)Nc1ccnc(Cl)n1. The third-order valence-corrected chi connectivity index (χ3v) is 2.00. The van der Waals surface area contributed by atoms with Crippen LogP contribution in [0.2, 0.25) is 5.28 Å². The molecule has 0 spiro atoms. The van der Waals surface area contributed by atoms with E-state index in [4.69, 9.17) is 17.3 Å². The molecule has 0 bridgehead atoms. The fourth-order valence-electron chi connectivity index (χ4n) is 1.07. The first-order valence-electron chi connectivity index (χ1n) is 4.68. The van der Waals surface area contributed by atoms with Gasteiger partial charge in [0.2, 0.25) is 11.2 Å². The van der Waals surface area contributed by atoms with Crippen LogP contribution in [-0.2, 0) is 4.79 Å². The van der Waals surface area contributed by atoms with Crippen LogP contribution in [0.15, 0.2) is 12.3 Å². The molecule has 82 valence electrons. The molecule has 1 amide bonds. The molecule has 1 aromatic heterocycles. The molecule has 0 fully saturated rings. The lowest BCUT2D eigenvalue weighted by Crippen LogP contribution is -2.35. The number of nitrogens with one attached hydrogen (secondary N) is 1. The van der Waals surface area contributed by atoms with Gasteiger partial charge < -0.3 is 11.1 Å². The normalized spacial score (nSPS) is 12.2. The second-order valence-corrected chi connectivity index (χ2v) is 3.43. The van der Waals surface area contributed by atoms with Crippen LogP contribution in [-0.4, -0.2) is 21.9 Å². The highest BCUT2D eigenvalue weighted by atomic mass is 35.5.